The van der Waals surface area contributed by atoms with Crippen molar-refractivity contribution in [2.24, 2.45) is 0 Å². The molecular weight excluding hydrogens is 154 g/mol. The number of para-hydroxylation sites is 1. The quantitative estimate of drug-likeness (QED) is 0.561. The number of fused-ring (bicyclic) bond motifs is 1. The van der Waals surface area contributed by atoms with Gasteiger partial charge < -0.3 is 9.34 Å². The summed E-state index contributed by atoms with van der Waals surface area (Å²) in [5, 5.41) is 10.5. The first-order valence-corrected chi connectivity index (χ1v) is 4.42. The van der Waals surface area contributed by atoms with E-state index < -0.39 is 0 Å². The van der Waals surface area contributed by atoms with Gasteiger partial charge in [0.1, 0.15) is 10.4 Å². The molecule has 0 aliphatic rings. The highest BCUT2D eigenvalue weighted by atomic mass is 28.2. The topological polar surface area (TPSA) is 25.2 Å². The summed E-state index contributed by atoms with van der Waals surface area (Å²) < 4.78 is 1.90. The van der Waals surface area contributed by atoms with E-state index in [1.165, 1.54) is 0 Å². The Bertz CT molecular complexity index is 394. The lowest BCUT2D eigenvalue weighted by molar-refractivity contribution is 0.452. The number of rotatable bonds is 0. The summed E-state index contributed by atoms with van der Waals surface area (Å²) in [6.45, 7) is 0. The molecule has 2 aromatic rings. The van der Waals surface area contributed by atoms with Gasteiger partial charge in [-0.1, -0.05) is 18.2 Å². The van der Waals surface area contributed by atoms with Crippen molar-refractivity contribution in [1.29, 1.82) is 0 Å². The molecule has 0 unspecified atom stereocenters. The van der Waals surface area contributed by atoms with Crippen LogP contribution in [-0.2, 0) is 0 Å². The molecule has 2 rings (SSSR count). The second-order valence-electron chi connectivity index (χ2n) is 2.62. The molecule has 0 amide bonds. The van der Waals surface area contributed by atoms with Crippen molar-refractivity contribution in [3.8, 4) is 5.88 Å². The fourth-order valence-corrected chi connectivity index (χ4v) is 1.81. The predicted molar refractivity (Wildman–Crippen MR) is 48.9 cm³/mol. The van der Waals surface area contributed by atoms with E-state index in [9.17, 15) is 5.11 Å². The molecule has 0 radical (unpaired) electrons. The lowest BCUT2D eigenvalue weighted by Crippen LogP contribution is -1.87. The van der Waals surface area contributed by atoms with Gasteiger partial charge in [-0.25, -0.2) is 0 Å². The van der Waals surface area contributed by atoms with Gasteiger partial charge in [0.2, 0.25) is 0 Å². The standard InChI is InChI=1S/C8H9NOSi/c10-8-5-6-3-1-2-4-7(6)9(8)11/h1-5,10H,11H3. The molecule has 0 saturated carbocycles. The Kier molecular flexibility index (Phi) is 1.26. The van der Waals surface area contributed by atoms with Crippen LogP contribution < -0.4 is 0 Å². The van der Waals surface area contributed by atoms with Gasteiger partial charge in [0.25, 0.3) is 0 Å². The van der Waals surface area contributed by atoms with E-state index in [0.29, 0.717) is 5.88 Å². The number of hydrogen-bond donors (Lipinski definition) is 1. The Morgan fingerprint density at radius 3 is 2.73 bits per heavy atom. The first-order valence-electron chi connectivity index (χ1n) is 3.52. The van der Waals surface area contributed by atoms with Crippen molar-refractivity contribution in [1.82, 2.24) is 4.23 Å². The summed E-state index contributed by atoms with van der Waals surface area (Å²) in [4.78, 5) is 0. The minimum Gasteiger partial charge on any atom is -0.495 e. The number of nitrogens with zero attached hydrogens (tertiary/aromatic N) is 1. The van der Waals surface area contributed by atoms with Gasteiger partial charge in [0.15, 0.2) is 5.88 Å². The van der Waals surface area contributed by atoms with Crippen molar-refractivity contribution in [3.05, 3.63) is 30.3 Å². The second-order valence-corrected chi connectivity index (χ2v) is 3.51. The minimum absolute atomic E-state index is 0.373. The number of hydrogen-bond acceptors (Lipinski definition) is 1. The Morgan fingerprint density at radius 1 is 1.27 bits per heavy atom. The largest absolute Gasteiger partial charge is 0.495 e. The highest BCUT2D eigenvalue weighted by Crippen LogP contribution is 2.21. The molecule has 1 N–H and O–H groups in total. The summed E-state index contributed by atoms with van der Waals surface area (Å²) in [5.74, 6) is 0.373. The maximum absolute atomic E-state index is 9.34. The van der Waals surface area contributed by atoms with Crippen LogP contribution in [0.4, 0.5) is 0 Å². The molecule has 0 fully saturated rings. The van der Waals surface area contributed by atoms with Gasteiger partial charge in [0.05, 0.1) is 0 Å². The number of benzene rings is 1. The third kappa shape index (κ3) is 0.850. The van der Waals surface area contributed by atoms with E-state index in [1.54, 1.807) is 6.07 Å². The second kappa shape index (κ2) is 2.13. The van der Waals surface area contributed by atoms with Crippen LogP contribution >= 0.6 is 0 Å². The number of aromatic nitrogens is 1. The molecule has 1 aromatic carbocycles. The Hall–Kier alpha value is -1.22. The van der Waals surface area contributed by atoms with Crippen molar-refractivity contribution in [2.45, 2.75) is 0 Å². The van der Waals surface area contributed by atoms with Gasteiger partial charge in [0, 0.05) is 17.0 Å². The molecule has 3 heteroatoms. The summed E-state index contributed by atoms with van der Waals surface area (Å²) in [7, 11) is 0.828. The molecule has 0 atom stereocenters. The fourth-order valence-electron chi connectivity index (χ4n) is 1.27. The normalized spacial score (nSPS) is 10.9. The van der Waals surface area contributed by atoms with Crippen LogP contribution in [0.3, 0.4) is 0 Å². The highest BCUT2D eigenvalue weighted by Gasteiger charge is 2.00. The Labute approximate surface area is 67.6 Å². The molecule has 0 saturated heterocycles. The third-order valence-electron chi connectivity index (χ3n) is 1.93. The average Bonchev–Trinajstić information content (AvgIpc) is 2.30. The SMILES string of the molecule is Oc1cc2ccccc2n1[SiH3]. The number of aromatic hydroxyl groups is 1. The molecule has 0 spiro atoms. The lowest BCUT2D eigenvalue weighted by Gasteiger charge is -1.95. The van der Waals surface area contributed by atoms with Crippen LogP contribution in [0.2, 0.25) is 0 Å². The van der Waals surface area contributed by atoms with Crippen molar-refractivity contribution in [3.63, 3.8) is 0 Å². The van der Waals surface area contributed by atoms with Crippen LogP contribution in [0, 0.1) is 0 Å². The zero-order valence-electron chi connectivity index (χ0n) is 6.28. The van der Waals surface area contributed by atoms with Gasteiger partial charge in [-0.2, -0.15) is 0 Å². The maximum atomic E-state index is 9.34. The van der Waals surface area contributed by atoms with Crippen LogP contribution in [-0.4, -0.2) is 19.7 Å². The average molecular weight is 163 g/mol. The smallest absolute Gasteiger partial charge is 0.183 e. The molecule has 56 valence electrons. The molecule has 0 aliphatic carbocycles. The molecule has 1 heterocycles. The van der Waals surface area contributed by atoms with E-state index in [0.717, 1.165) is 21.3 Å². The molecule has 1 aromatic heterocycles. The first-order chi connectivity index (χ1) is 5.29. The highest BCUT2D eigenvalue weighted by molar-refractivity contribution is 6.12. The van der Waals surface area contributed by atoms with Gasteiger partial charge >= 0.3 is 0 Å². The van der Waals surface area contributed by atoms with Gasteiger partial charge in [-0.15, -0.1) is 0 Å². The third-order valence-corrected chi connectivity index (χ3v) is 2.87. The van der Waals surface area contributed by atoms with E-state index in [1.807, 2.05) is 28.5 Å². The monoisotopic (exact) mass is 163 g/mol. The predicted octanol–water partition coefficient (Wildman–Crippen LogP) is 0.475. The lowest BCUT2D eigenvalue weighted by atomic mass is 10.3. The maximum Gasteiger partial charge on any atom is 0.183 e. The Balaban J connectivity index is 2.92. The van der Waals surface area contributed by atoms with Crippen molar-refractivity contribution >= 4 is 21.3 Å². The van der Waals surface area contributed by atoms with E-state index in [-0.39, 0.29) is 0 Å². The molecule has 0 aliphatic heterocycles. The summed E-state index contributed by atoms with van der Waals surface area (Å²) in [6, 6.07) is 9.77. The molecule has 2 nitrogen and oxygen atoms in total. The van der Waals surface area contributed by atoms with E-state index in [2.05, 4.69) is 0 Å². The molecular formula is C8H9NOSi. The van der Waals surface area contributed by atoms with Gasteiger partial charge in [-0.3, -0.25) is 0 Å². The zero-order chi connectivity index (χ0) is 7.84. The van der Waals surface area contributed by atoms with Crippen LogP contribution in [0.5, 0.6) is 5.88 Å². The molecule has 11 heavy (non-hydrogen) atoms. The summed E-state index contributed by atoms with van der Waals surface area (Å²) >= 11 is 0. The van der Waals surface area contributed by atoms with Crippen molar-refractivity contribution < 1.29 is 5.11 Å². The fraction of sp³-hybridized carbons (Fsp3) is 0. The van der Waals surface area contributed by atoms with Crippen LogP contribution in [0.1, 0.15) is 0 Å². The minimum atomic E-state index is 0.373. The Morgan fingerprint density at radius 2 is 2.00 bits per heavy atom. The molecule has 0 bridgehead atoms. The van der Waals surface area contributed by atoms with Crippen LogP contribution in [0.25, 0.3) is 10.9 Å². The van der Waals surface area contributed by atoms with E-state index in [4.69, 9.17) is 0 Å². The van der Waals surface area contributed by atoms with Crippen LogP contribution in [0.15, 0.2) is 30.3 Å². The van der Waals surface area contributed by atoms with Crippen molar-refractivity contribution in [2.75, 3.05) is 0 Å². The van der Waals surface area contributed by atoms with Gasteiger partial charge in [-0.05, 0) is 6.07 Å². The zero-order valence-corrected chi connectivity index (χ0v) is 8.28. The van der Waals surface area contributed by atoms with E-state index >= 15 is 0 Å². The first kappa shape index (κ1) is 6.48. The summed E-state index contributed by atoms with van der Waals surface area (Å²) in [6.07, 6.45) is 0. The summed E-state index contributed by atoms with van der Waals surface area (Å²) in [5.41, 5.74) is 1.12.